The molecule has 2 saturated heterocycles. The van der Waals surface area contributed by atoms with E-state index in [0.29, 0.717) is 12.1 Å². The first-order valence-electron chi connectivity index (χ1n) is 5.83. The second kappa shape index (κ2) is 4.60. The zero-order chi connectivity index (χ0) is 9.97. The van der Waals surface area contributed by atoms with Crippen LogP contribution in [0.4, 0.5) is 0 Å². The Morgan fingerprint density at radius 3 is 2.86 bits per heavy atom. The second-order valence-electron chi connectivity index (χ2n) is 4.93. The monoisotopic (exact) mass is 198 g/mol. The van der Waals surface area contributed by atoms with Crippen LogP contribution in [0, 0.1) is 5.92 Å². The molecule has 0 radical (unpaired) electrons. The maximum Gasteiger partial charge on any atom is 0.0621 e. The van der Waals surface area contributed by atoms with Crippen LogP contribution in [0.15, 0.2) is 0 Å². The Balaban J connectivity index is 1.88. The number of rotatable bonds is 1. The van der Waals surface area contributed by atoms with Crippen molar-refractivity contribution in [3.8, 4) is 0 Å². The smallest absolute Gasteiger partial charge is 0.0621 e. The van der Waals surface area contributed by atoms with Gasteiger partial charge in [-0.1, -0.05) is 6.92 Å². The number of likely N-dealkylation sites (tertiary alicyclic amines) is 1. The van der Waals surface area contributed by atoms with Crippen LogP contribution in [-0.2, 0) is 4.74 Å². The average molecular weight is 198 g/mol. The van der Waals surface area contributed by atoms with E-state index < -0.39 is 0 Å². The van der Waals surface area contributed by atoms with Crippen molar-refractivity contribution in [3.05, 3.63) is 0 Å². The molecule has 0 bridgehead atoms. The van der Waals surface area contributed by atoms with Gasteiger partial charge in [-0.25, -0.2) is 0 Å². The summed E-state index contributed by atoms with van der Waals surface area (Å²) in [6.07, 6.45) is 3.69. The van der Waals surface area contributed by atoms with Crippen molar-refractivity contribution in [3.63, 3.8) is 0 Å². The Morgan fingerprint density at radius 2 is 2.21 bits per heavy atom. The van der Waals surface area contributed by atoms with Gasteiger partial charge in [0.2, 0.25) is 0 Å². The summed E-state index contributed by atoms with van der Waals surface area (Å²) in [7, 11) is 0. The van der Waals surface area contributed by atoms with E-state index in [1.54, 1.807) is 0 Å². The van der Waals surface area contributed by atoms with Crippen LogP contribution >= 0.6 is 0 Å². The lowest BCUT2D eigenvalue weighted by molar-refractivity contribution is -0.000244. The fourth-order valence-corrected chi connectivity index (χ4v) is 2.75. The van der Waals surface area contributed by atoms with Crippen LogP contribution in [-0.4, -0.2) is 43.3 Å². The van der Waals surface area contributed by atoms with Crippen LogP contribution in [0.5, 0.6) is 0 Å². The summed E-state index contributed by atoms with van der Waals surface area (Å²) in [6, 6.07) is 1.01. The van der Waals surface area contributed by atoms with Gasteiger partial charge in [-0.05, 0) is 25.2 Å². The number of ether oxygens (including phenoxy) is 1. The predicted octanol–water partition coefficient (Wildman–Crippen LogP) is 0.834. The van der Waals surface area contributed by atoms with E-state index in [0.717, 1.165) is 25.7 Å². The minimum absolute atomic E-state index is 0.376. The van der Waals surface area contributed by atoms with Crippen molar-refractivity contribution >= 4 is 0 Å². The molecule has 3 atom stereocenters. The molecule has 0 spiro atoms. The number of nitrogens with zero attached hydrogens (tertiary/aromatic N) is 1. The zero-order valence-electron chi connectivity index (χ0n) is 9.11. The molecule has 2 rings (SSSR count). The largest absolute Gasteiger partial charge is 0.380 e. The summed E-state index contributed by atoms with van der Waals surface area (Å²) >= 11 is 0. The van der Waals surface area contributed by atoms with Crippen LogP contribution in [0.2, 0.25) is 0 Å². The quantitative estimate of drug-likeness (QED) is 0.678. The fraction of sp³-hybridized carbons (Fsp3) is 1.00. The van der Waals surface area contributed by atoms with Crippen molar-refractivity contribution in [2.45, 2.75) is 38.3 Å². The lowest BCUT2D eigenvalue weighted by Crippen LogP contribution is -2.52. The van der Waals surface area contributed by atoms with Gasteiger partial charge in [0, 0.05) is 31.8 Å². The molecular formula is C11H22N2O. The summed E-state index contributed by atoms with van der Waals surface area (Å²) in [6.45, 7) is 6.45. The first-order chi connectivity index (χ1) is 6.75. The lowest BCUT2D eigenvalue weighted by atomic mass is 9.94. The number of nitrogens with two attached hydrogens (primary N) is 1. The maximum atomic E-state index is 6.04. The number of hydrogen-bond donors (Lipinski definition) is 1. The lowest BCUT2D eigenvalue weighted by Gasteiger charge is -2.41. The van der Waals surface area contributed by atoms with Crippen molar-refractivity contribution in [2.75, 3.05) is 26.3 Å². The Morgan fingerprint density at radius 1 is 1.36 bits per heavy atom. The third-order valence-electron chi connectivity index (χ3n) is 3.37. The van der Waals surface area contributed by atoms with Gasteiger partial charge >= 0.3 is 0 Å². The summed E-state index contributed by atoms with van der Waals surface area (Å²) in [5.74, 6) is 0.751. The van der Waals surface area contributed by atoms with E-state index >= 15 is 0 Å². The van der Waals surface area contributed by atoms with Gasteiger partial charge in [0.25, 0.3) is 0 Å². The third-order valence-corrected chi connectivity index (χ3v) is 3.37. The Hall–Kier alpha value is -0.120. The number of hydrogen-bond acceptors (Lipinski definition) is 3. The van der Waals surface area contributed by atoms with Crippen molar-refractivity contribution in [2.24, 2.45) is 11.7 Å². The van der Waals surface area contributed by atoms with Gasteiger partial charge in [0.15, 0.2) is 0 Å². The van der Waals surface area contributed by atoms with Gasteiger partial charge in [-0.3, -0.25) is 4.90 Å². The van der Waals surface area contributed by atoms with Crippen LogP contribution in [0.3, 0.4) is 0 Å². The molecule has 0 aromatic rings. The van der Waals surface area contributed by atoms with Gasteiger partial charge in [-0.15, -0.1) is 0 Å². The Labute approximate surface area is 86.6 Å². The van der Waals surface area contributed by atoms with Crippen LogP contribution in [0.25, 0.3) is 0 Å². The SMILES string of the molecule is CC1CC(N)CN(C2CCCOC2)C1. The first-order valence-corrected chi connectivity index (χ1v) is 5.83. The van der Waals surface area contributed by atoms with E-state index in [4.69, 9.17) is 10.5 Å². The highest BCUT2D eigenvalue weighted by Gasteiger charge is 2.28. The minimum Gasteiger partial charge on any atom is -0.380 e. The molecule has 2 N–H and O–H groups in total. The highest BCUT2D eigenvalue weighted by atomic mass is 16.5. The summed E-state index contributed by atoms with van der Waals surface area (Å²) in [5.41, 5.74) is 6.04. The molecule has 0 saturated carbocycles. The van der Waals surface area contributed by atoms with Crippen molar-refractivity contribution in [1.29, 1.82) is 0 Å². The maximum absolute atomic E-state index is 6.04. The summed E-state index contributed by atoms with van der Waals surface area (Å²) in [5, 5.41) is 0. The highest BCUT2D eigenvalue weighted by Crippen LogP contribution is 2.21. The van der Waals surface area contributed by atoms with Gasteiger partial charge < -0.3 is 10.5 Å². The summed E-state index contributed by atoms with van der Waals surface area (Å²) < 4.78 is 5.52. The Kier molecular flexibility index (Phi) is 3.42. The molecule has 2 aliphatic heterocycles. The molecule has 3 heteroatoms. The molecule has 0 aliphatic carbocycles. The molecule has 14 heavy (non-hydrogen) atoms. The second-order valence-corrected chi connectivity index (χ2v) is 4.93. The molecule has 3 nitrogen and oxygen atoms in total. The van der Waals surface area contributed by atoms with E-state index in [9.17, 15) is 0 Å². The van der Waals surface area contributed by atoms with Gasteiger partial charge in [0.05, 0.1) is 6.61 Å². The minimum atomic E-state index is 0.376. The molecule has 0 amide bonds. The zero-order valence-corrected chi connectivity index (χ0v) is 9.11. The molecule has 82 valence electrons. The fourth-order valence-electron chi connectivity index (χ4n) is 2.75. The third kappa shape index (κ3) is 2.47. The molecule has 0 aromatic heterocycles. The van der Waals surface area contributed by atoms with E-state index in [2.05, 4.69) is 11.8 Å². The predicted molar refractivity (Wildman–Crippen MR) is 57.2 cm³/mol. The molecule has 3 unspecified atom stereocenters. The van der Waals surface area contributed by atoms with E-state index in [1.165, 1.54) is 25.8 Å². The highest BCUT2D eigenvalue weighted by molar-refractivity contribution is 4.84. The molecular weight excluding hydrogens is 176 g/mol. The number of piperidine rings is 1. The molecule has 2 fully saturated rings. The molecule has 2 aliphatic rings. The van der Waals surface area contributed by atoms with Crippen molar-refractivity contribution in [1.82, 2.24) is 4.90 Å². The Bertz CT molecular complexity index is 170. The molecule has 2 heterocycles. The van der Waals surface area contributed by atoms with E-state index in [-0.39, 0.29) is 0 Å². The van der Waals surface area contributed by atoms with Crippen molar-refractivity contribution < 1.29 is 4.74 Å². The topological polar surface area (TPSA) is 38.5 Å². The van der Waals surface area contributed by atoms with Gasteiger partial charge in [0.1, 0.15) is 0 Å². The first kappa shape index (κ1) is 10.4. The van der Waals surface area contributed by atoms with Gasteiger partial charge in [-0.2, -0.15) is 0 Å². The van der Waals surface area contributed by atoms with E-state index in [1.807, 2.05) is 0 Å². The average Bonchev–Trinajstić information content (AvgIpc) is 2.18. The normalized spacial score (nSPS) is 41.1. The molecule has 0 aromatic carbocycles. The van der Waals surface area contributed by atoms with Crippen LogP contribution in [0.1, 0.15) is 26.2 Å². The standard InChI is InChI=1S/C11H22N2O/c1-9-5-10(12)7-13(6-9)11-3-2-4-14-8-11/h9-11H,2-8,12H2,1H3. The summed E-state index contributed by atoms with van der Waals surface area (Å²) in [4.78, 5) is 2.54. The van der Waals surface area contributed by atoms with Crippen LogP contribution < -0.4 is 5.73 Å².